The lowest BCUT2D eigenvalue weighted by Gasteiger charge is -2.02. The summed E-state index contributed by atoms with van der Waals surface area (Å²) >= 11 is 3.47. The van der Waals surface area contributed by atoms with Crippen LogP contribution in [0.5, 0.6) is 0 Å². The van der Waals surface area contributed by atoms with Crippen LogP contribution in [0.25, 0.3) is 5.65 Å². The fourth-order valence-corrected chi connectivity index (χ4v) is 2.72. The van der Waals surface area contributed by atoms with E-state index in [2.05, 4.69) is 43.8 Å². The standard InChI is InChI=1S/C12H13BrN2/c13-10-5-6-15-8-11(14-12(15)7-10)9-3-1-2-4-9/h5-9H,1-4H2. The zero-order valence-electron chi connectivity index (χ0n) is 8.49. The molecule has 0 N–H and O–H groups in total. The van der Waals surface area contributed by atoms with Gasteiger partial charge in [-0.1, -0.05) is 28.8 Å². The molecule has 2 aromatic heterocycles. The largest absolute Gasteiger partial charge is 0.307 e. The molecule has 0 spiro atoms. The SMILES string of the molecule is Brc1ccn2cc(C3CCCC3)nc2c1. The Morgan fingerprint density at radius 2 is 2.13 bits per heavy atom. The number of nitrogens with zero attached hydrogens (tertiary/aromatic N) is 2. The van der Waals surface area contributed by atoms with Gasteiger partial charge in [0.2, 0.25) is 0 Å². The van der Waals surface area contributed by atoms with E-state index in [4.69, 9.17) is 0 Å². The van der Waals surface area contributed by atoms with E-state index in [1.807, 2.05) is 6.07 Å². The third-order valence-corrected chi connectivity index (χ3v) is 3.71. The maximum atomic E-state index is 4.69. The Balaban J connectivity index is 2.05. The molecule has 2 aromatic rings. The predicted octanol–water partition coefficient (Wildman–Crippen LogP) is 3.75. The van der Waals surface area contributed by atoms with E-state index in [9.17, 15) is 0 Å². The quantitative estimate of drug-likeness (QED) is 0.767. The average molecular weight is 265 g/mol. The lowest BCUT2D eigenvalue weighted by molar-refractivity contribution is 0.703. The lowest BCUT2D eigenvalue weighted by atomic mass is 10.1. The zero-order valence-corrected chi connectivity index (χ0v) is 10.1. The molecule has 3 heteroatoms. The molecule has 2 heterocycles. The van der Waals surface area contributed by atoms with Crippen LogP contribution < -0.4 is 0 Å². The van der Waals surface area contributed by atoms with Crippen molar-refractivity contribution in [3.63, 3.8) is 0 Å². The number of hydrogen-bond acceptors (Lipinski definition) is 1. The Morgan fingerprint density at radius 3 is 2.93 bits per heavy atom. The van der Waals surface area contributed by atoms with Gasteiger partial charge in [0.15, 0.2) is 0 Å². The molecule has 0 aliphatic heterocycles. The Hall–Kier alpha value is -0.830. The molecular weight excluding hydrogens is 252 g/mol. The molecule has 0 bridgehead atoms. The van der Waals surface area contributed by atoms with Gasteiger partial charge in [-0.2, -0.15) is 0 Å². The molecule has 0 aromatic carbocycles. The van der Waals surface area contributed by atoms with Gasteiger partial charge < -0.3 is 4.40 Å². The van der Waals surface area contributed by atoms with Crippen LogP contribution in [0.3, 0.4) is 0 Å². The minimum atomic E-state index is 0.698. The fraction of sp³-hybridized carbons (Fsp3) is 0.417. The molecule has 1 aliphatic carbocycles. The number of fused-ring (bicyclic) bond motifs is 1. The van der Waals surface area contributed by atoms with Gasteiger partial charge in [0.05, 0.1) is 5.69 Å². The summed E-state index contributed by atoms with van der Waals surface area (Å²) in [5.74, 6) is 0.698. The molecule has 1 fully saturated rings. The molecule has 0 radical (unpaired) electrons. The van der Waals surface area contributed by atoms with Crippen molar-refractivity contribution < 1.29 is 0 Å². The van der Waals surface area contributed by atoms with Gasteiger partial charge in [0.25, 0.3) is 0 Å². The smallest absolute Gasteiger partial charge is 0.138 e. The third-order valence-electron chi connectivity index (χ3n) is 3.21. The van der Waals surface area contributed by atoms with Crippen molar-refractivity contribution in [3.8, 4) is 0 Å². The van der Waals surface area contributed by atoms with E-state index in [-0.39, 0.29) is 0 Å². The van der Waals surface area contributed by atoms with Gasteiger partial charge in [-0.15, -0.1) is 0 Å². The van der Waals surface area contributed by atoms with Crippen molar-refractivity contribution >= 4 is 21.6 Å². The number of hydrogen-bond donors (Lipinski definition) is 0. The number of rotatable bonds is 1. The van der Waals surface area contributed by atoms with Crippen LogP contribution >= 0.6 is 15.9 Å². The van der Waals surface area contributed by atoms with Crippen LogP contribution in [-0.4, -0.2) is 9.38 Å². The van der Waals surface area contributed by atoms with Crippen molar-refractivity contribution in [2.75, 3.05) is 0 Å². The van der Waals surface area contributed by atoms with Crippen molar-refractivity contribution in [3.05, 3.63) is 34.7 Å². The van der Waals surface area contributed by atoms with Crippen LogP contribution in [0.4, 0.5) is 0 Å². The summed E-state index contributed by atoms with van der Waals surface area (Å²) in [7, 11) is 0. The van der Waals surface area contributed by atoms with Crippen molar-refractivity contribution in [2.45, 2.75) is 31.6 Å². The molecule has 0 saturated heterocycles. The predicted molar refractivity (Wildman–Crippen MR) is 64.1 cm³/mol. The molecule has 0 unspecified atom stereocenters. The van der Waals surface area contributed by atoms with Gasteiger partial charge >= 0.3 is 0 Å². The van der Waals surface area contributed by atoms with Crippen LogP contribution in [0.2, 0.25) is 0 Å². The molecule has 2 nitrogen and oxygen atoms in total. The molecule has 1 aliphatic rings. The Labute approximate surface area is 97.5 Å². The number of aromatic nitrogens is 2. The Morgan fingerprint density at radius 1 is 1.33 bits per heavy atom. The molecule has 3 rings (SSSR count). The van der Waals surface area contributed by atoms with E-state index < -0.39 is 0 Å². The van der Waals surface area contributed by atoms with Gasteiger partial charge in [-0.25, -0.2) is 4.98 Å². The van der Waals surface area contributed by atoms with Crippen molar-refractivity contribution in [2.24, 2.45) is 0 Å². The first kappa shape index (κ1) is 9.40. The highest BCUT2D eigenvalue weighted by Gasteiger charge is 2.19. The van der Waals surface area contributed by atoms with Crippen LogP contribution in [-0.2, 0) is 0 Å². The van der Waals surface area contributed by atoms with Crippen LogP contribution in [0.1, 0.15) is 37.3 Å². The highest BCUT2D eigenvalue weighted by molar-refractivity contribution is 9.10. The van der Waals surface area contributed by atoms with E-state index in [1.165, 1.54) is 31.4 Å². The monoisotopic (exact) mass is 264 g/mol. The normalized spacial score (nSPS) is 17.7. The number of pyridine rings is 1. The highest BCUT2D eigenvalue weighted by Crippen LogP contribution is 2.33. The lowest BCUT2D eigenvalue weighted by Crippen LogP contribution is -1.91. The molecule has 15 heavy (non-hydrogen) atoms. The second kappa shape index (κ2) is 3.63. The van der Waals surface area contributed by atoms with E-state index in [1.54, 1.807) is 0 Å². The first-order chi connectivity index (χ1) is 7.33. The molecule has 78 valence electrons. The molecule has 0 amide bonds. The first-order valence-corrected chi connectivity index (χ1v) is 6.26. The molecule has 1 saturated carbocycles. The number of halogens is 1. The van der Waals surface area contributed by atoms with Gasteiger partial charge in [0.1, 0.15) is 5.65 Å². The summed E-state index contributed by atoms with van der Waals surface area (Å²) in [6.45, 7) is 0. The maximum absolute atomic E-state index is 4.69. The van der Waals surface area contributed by atoms with E-state index in [0.717, 1.165) is 10.1 Å². The van der Waals surface area contributed by atoms with E-state index in [0.29, 0.717) is 5.92 Å². The minimum absolute atomic E-state index is 0.698. The summed E-state index contributed by atoms with van der Waals surface area (Å²) in [5, 5.41) is 0. The summed E-state index contributed by atoms with van der Waals surface area (Å²) < 4.78 is 3.21. The van der Waals surface area contributed by atoms with Crippen LogP contribution in [0, 0.1) is 0 Å². The third kappa shape index (κ3) is 1.69. The van der Waals surface area contributed by atoms with E-state index >= 15 is 0 Å². The van der Waals surface area contributed by atoms with Gasteiger partial charge in [0, 0.05) is 22.8 Å². The van der Waals surface area contributed by atoms with Crippen LogP contribution in [0.15, 0.2) is 29.0 Å². The average Bonchev–Trinajstić information content (AvgIpc) is 2.84. The minimum Gasteiger partial charge on any atom is -0.307 e. The Bertz CT molecular complexity index is 483. The van der Waals surface area contributed by atoms with Gasteiger partial charge in [-0.05, 0) is 25.0 Å². The highest BCUT2D eigenvalue weighted by atomic mass is 79.9. The summed E-state index contributed by atoms with van der Waals surface area (Å²) in [4.78, 5) is 4.69. The van der Waals surface area contributed by atoms with Crippen molar-refractivity contribution in [1.29, 1.82) is 0 Å². The summed E-state index contributed by atoms with van der Waals surface area (Å²) in [5.41, 5.74) is 2.32. The second-order valence-electron chi connectivity index (χ2n) is 4.26. The topological polar surface area (TPSA) is 17.3 Å². The summed E-state index contributed by atoms with van der Waals surface area (Å²) in [6.07, 6.45) is 9.59. The second-order valence-corrected chi connectivity index (χ2v) is 5.17. The molecular formula is C12H13BrN2. The number of imidazole rings is 1. The first-order valence-electron chi connectivity index (χ1n) is 5.47. The summed E-state index contributed by atoms with van der Waals surface area (Å²) in [6, 6.07) is 4.12. The van der Waals surface area contributed by atoms with Gasteiger partial charge in [-0.3, -0.25) is 0 Å². The fourth-order valence-electron chi connectivity index (χ4n) is 2.39. The zero-order chi connectivity index (χ0) is 10.3. The maximum Gasteiger partial charge on any atom is 0.138 e. The molecule has 0 atom stereocenters. The Kier molecular flexibility index (Phi) is 2.28. The van der Waals surface area contributed by atoms with Crippen molar-refractivity contribution in [1.82, 2.24) is 9.38 Å².